The van der Waals surface area contributed by atoms with Crippen molar-refractivity contribution in [3.63, 3.8) is 0 Å². The minimum atomic E-state index is -0.442. The number of unbranched alkanes of at least 4 members (excludes halogenated alkanes) is 1. The third kappa shape index (κ3) is 6.61. The van der Waals surface area contributed by atoms with Gasteiger partial charge in [0.25, 0.3) is 0 Å². The molecule has 37 heavy (non-hydrogen) atoms. The Hall–Kier alpha value is -3.12. The van der Waals surface area contributed by atoms with E-state index in [1.165, 1.54) is 26.6 Å². The fraction of sp³-hybridized carbons (Fsp3) is 0.484. The molecule has 2 heterocycles. The van der Waals surface area contributed by atoms with Crippen LogP contribution in [0, 0.1) is 11.8 Å². The summed E-state index contributed by atoms with van der Waals surface area (Å²) in [4.78, 5) is 28.3. The summed E-state index contributed by atoms with van der Waals surface area (Å²) < 4.78 is 16.9. The topological polar surface area (TPSA) is 69.0 Å². The lowest BCUT2D eigenvalue weighted by molar-refractivity contribution is 0.0600. The molecule has 6 nitrogen and oxygen atoms in total. The zero-order chi connectivity index (χ0) is 26.4. The van der Waals surface area contributed by atoms with E-state index in [-0.39, 0.29) is 5.78 Å². The Morgan fingerprint density at radius 3 is 2.38 bits per heavy atom. The van der Waals surface area contributed by atoms with Crippen molar-refractivity contribution < 1.29 is 23.5 Å². The van der Waals surface area contributed by atoms with Gasteiger partial charge in [-0.05, 0) is 73.6 Å². The van der Waals surface area contributed by atoms with E-state index in [1.807, 2.05) is 12.1 Å². The summed E-state index contributed by atoms with van der Waals surface area (Å²) in [5.41, 5.74) is 2.07. The number of furan rings is 1. The predicted molar refractivity (Wildman–Crippen MR) is 146 cm³/mol. The first-order chi connectivity index (χ1) is 17.9. The molecule has 0 amide bonds. The Morgan fingerprint density at radius 1 is 1.00 bits per heavy atom. The Morgan fingerprint density at radius 2 is 1.70 bits per heavy atom. The first-order valence-electron chi connectivity index (χ1n) is 13.5. The molecule has 0 N–H and O–H groups in total. The monoisotopic (exact) mass is 505 g/mol. The number of piperidine rings is 1. The maximum Gasteiger partial charge on any atom is 0.337 e. The molecule has 2 aromatic carbocycles. The number of rotatable bonds is 11. The number of ketones is 1. The molecule has 2 atom stereocenters. The van der Waals surface area contributed by atoms with Crippen molar-refractivity contribution in [1.82, 2.24) is 4.90 Å². The number of hydrogen-bond acceptors (Lipinski definition) is 6. The van der Waals surface area contributed by atoms with Crippen LogP contribution in [0.3, 0.4) is 0 Å². The summed E-state index contributed by atoms with van der Waals surface area (Å²) in [5, 5.41) is 0.640. The number of likely N-dealkylation sites (tertiary alicyclic amines) is 1. The molecule has 198 valence electrons. The van der Waals surface area contributed by atoms with Crippen LogP contribution in [0.1, 0.15) is 78.5 Å². The lowest BCUT2D eigenvalue weighted by Crippen LogP contribution is -2.39. The van der Waals surface area contributed by atoms with Crippen molar-refractivity contribution >= 4 is 22.7 Å². The number of carbonyl (C=O) groups excluding carboxylic acids is 2. The number of fused-ring (bicyclic) bond motifs is 1. The maximum atomic E-state index is 13.6. The van der Waals surface area contributed by atoms with Crippen LogP contribution in [0.5, 0.6) is 5.75 Å². The number of hydrogen-bond donors (Lipinski definition) is 0. The zero-order valence-electron chi connectivity index (χ0n) is 22.5. The van der Waals surface area contributed by atoms with Gasteiger partial charge in [0.05, 0.1) is 24.8 Å². The molecule has 1 saturated heterocycles. The molecule has 0 spiro atoms. The molecule has 1 fully saturated rings. The number of esters is 1. The number of methoxy groups -OCH3 is 1. The minimum Gasteiger partial charge on any atom is -0.494 e. The Kier molecular flexibility index (Phi) is 9.04. The van der Waals surface area contributed by atoms with Crippen LogP contribution in [0.4, 0.5) is 0 Å². The quantitative estimate of drug-likeness (QED) is 0.167. The van der Waals surface area contributed by atoms with Crippen molar-refractivity contribution in [2.75, 3.05) is 33.4 Å². The van der Waals surface area contributed by atoms with Gasteiger partial charge in [0.1, 0.15) is 17.1 Å². The van der Waals surface area contributed by atoms with E-state index in [2.05, 4.69) is 25.7 Å². The third-order valence-electron chi connectivity index (χ3n) is 7.11. The molecule has 6 heteroatoms. The molecule has 1 aliphatic rings. The normalized spacial score (nSPS) is 18.2. The highest BCUT2D eigenvalue weighted by Crippen LogP contribution is 2.31. The van der Waals surface area contributed by atoms with Gasteiger partial charge in [-0.25, -0.2) is 4.79 Å². The van der Waals surface area contributed by atoms with Crippen LogP contribution in [0.2, 0.25) is 0 Å². The maximum absolute atomic E-state index is 13.6. The van der Waals surface area contributed by atoms with Crippen molar-refractivity contribution in [3.05, 3.63) is 64.9 Å². The average molecular weight is 506 g/mol. The van der Waals surface area contributed by atoms with Crippen molar-refractivity contribution in [1.29, 1.82) is 0 Å². The second kappa shape index (κ2) is 12.4. The largest absolute Gasteiger partial charge is 0.494 e. The van der Waals surface area contributed by atoms with E-state index in [9.17, 15) is 9.59 Å². The van der Waals surface area contributed by atoms with Gasteiger partial charge in [0.15, 0.2) is 5.78 Å². The highest BCUT2D eigenvalue weighted by Gasteiger charge is 2.24. The minimum absolute atomic E-state index is 0.119. The number of benzene rings is 2. The van der Waals surface area contributed by atoms with Gasteiger partial charge in [-0.2, -0.15) is 0 Å². The molecular formula is C31H39NO5. The summed E-state index contributed by atoms with van der Waals surface area (Å²) >= 11 is 0. The van der Waals surface area contributed by atoms with Crippen molar-refractivity contribution in [3.8, 4) is 5.75 Å². The Labute approximate surface area is 219 Å². The Bertz CT molecular complexity index is 1200. The first kappa shape index (κ1) is 26.9. The molecule has 0 radical (unpaired) electrons. The summed E-state index contributed by atoms with van der Waals surface area (Å²) in [7, 11) is 1.35. The van der Waals surface area contributed by atoms with Crippen LogP contribution in [-0.2, 0) is 11.2 Å². The fourth-order valence-electron chi connectivity index (χ4n) is 5.46. The lowest BCUT2D eigenvalue weighted by Gasteiger charge is -2.34. The smallest absolute Gasteiger partial charge is 0.337 e. The molecule has 3 aromatic rings. The van der Waals surface area contributed by atoms with E-state index in [4.69, 9.17) is 13.9 Å². The van der Waals surface area contributed by atoms with Crippen LogP contribution in [-0.4, -0.2) is 50.0 Å². The molecule has 2 unspecified atom stereocenters. The van der Waals surface area contributed by atoms with Crippen molar-refractivity contribution in [2.45, 2.75) is 52.9 Å². The zero-order valence-corrected chi connectivity index (χ0v) is 22.5. The van der Waals surface area contributed by atoms with Gasteiger partial charge < -0.3 is 18.8 Å². The molecule has 4 rings (SSSR count). The van der Waals surface area contributed by atoms with E-state index in [1.54, 1.807) is 30.3 Å². The molecule has 0 bridgehead atoms. The number of carbonyl (C=O) groups is 2. The highest BCUT2D eigenvalue weighted by atomic mass is 16.5. The SMILES string of the molecule is CCCCc1oc2ccc(C(=O)OC)cc2c1C(=O)c1ccc(OCCCN2CC(C)CC(C)C2)cc1. The average Bonchev–Trinajstić information content (AvgIpc) is 3.26. The van der Waals surface area contributed by atoms with Crippen LogP contribution < -0.4 is 4.74 Å². The summed E-state index contributed by atoms with van der Waals surface area (Å²) in [6, 6.07) is 12.4. The van der Waals surface area contributed by atoms with Crippen LogP contribution in [0.15, 0.2) is 46.9 Å². The number of ether oxygens (including phenoxy) is 2. The molecule has 1 aliphatic heterocycles. The summed E-state index contributed by atoms with van der Waals surface area (Å²) in [6.07, 6.45) is 4.85. The molecule has 0 aliphatic carbocycles. The van der Waals surface area contributed by atoms with E-state index in [0.29, 0.717) is 46.4 Å². The standard InChI is InChI=1S/C31H39NO5/c1-5-6-8-28-29(26-18-24(31(34)35-4)11-14-27(26)37-28)30(33)23-9-12-25(13-10-23)36-16-7-15-32-19-21(2)17-22(3)20-32/h9-14,18,21-22H,5-8,15-17,19-20H2,1-4H3. The van der Waals surface area contributed by atoms with Gasteiger partial charge in [0, 0.05) is 37.0 Å². The van der Waals surface area contributed by atoms with Crippen LogP contribution in [0.25, 0.3) is 11.0 Å². The van der Waals surface area contributed by atoms with Crippen molar-refractivity contribution in [2.24, 2.45) is 11.8 Å². The van der Waals surface area contributed by atoms with Gasteiger partial charge in [-0.3, -0.25) is 4.79 Å². The van der Waals surface area contributed by atoms with Gasteiger partial charge in [0.2, 0.25) is 0 Å². The predicted octanol–water partition coefficient (Wildman–Crippen LogP) is 6.54. The number of nitrogens with zero attached hydrogens (tertiary/aromatic N) is 1. The first-order valence-corrected chi connectivity index (χ1v) is 13.5. The highest BCUT2D eigenvalue weighted by molar-refractivity contribution is 6.17. The molecule has 1 aromatic heterocycles. The number of aryl methyl sites for hydroxylation is 1. The third-order valence-corrected chi connectivity index (χ3v) is 7.11. The van der Waals surface area contributed by atoms with Gasteiger partial charge >= 0.3 is 5.97 Å². The van der Waals surface area contributed by atoms with Gasteiger partial charge in [-0.1, -0.05) is 27.2 Å². The van der Waals surface area contributed by atoms with Crippen LogP contribution >= 0.6 is 0 Å². The Balaban J connectivity index is 1.45. The van der Waals surface area contributed by atoms with E-state index in [0.717, 1.165) is 43.4 Å². The molecular weight excluding hydrogens is 466 g/mol. The fourth-order valence-corrected chi connectivity index (χ4v) is 5.46. The lowest BCUT2D eigenvalue weighted by atomic mass is 9.92. The van der Waals surface area contributed by atoms with Gasteiger partial charge in [-0.15, -0.1) is 0 Å². The summed E-state index contributed by atoms with van der Waals surface area (Å²) in [5.74, 6) is 2.38. The second-order valence-corrected chi connectivity index (χ2v) is 10.5. The second-order valence-electron chi connectivity index (χ2n) is 10.5. The van der Waals surface area contributed by atoms with E-state index < -0.39 is 5.97 Å². The summed E-state index contributed by atoms with van der Waals surface area (Å²) in [6.45, 7) is 10.8. The molecule has 0 saturated carbocycles. The van der Waals surface area contributed by atoms with E-state index >= 15 is 0 Å².